The molecule has 9 nitrogen and oxygen atoms in total. The minimum atomic E-state index is -1.53. The molecule has 0 aromatic rings. The number of carboxylic acids is 1. The van der Waals surface area contributed by atoms with E-state index < -0.39 is 24.3 Å². The van der Waals surface area contributed by atoms with Crippen LogP contribution in [0.2, 0.25) is 0 Å². The zero-order chi connectivity index (χ0) is 56.2. The SMILES string of the molecule is CC/C=C\C/C=C\C/C=C\C/C=C\C/C=C\C/C=C\C/C=C\CCCCCCCCCCCCCCCCCC(=O)OC(COC(=O)CCCC/C=C\C/C=C\C/C=C\C/C=C\CC)COC(OCC[N+](C)(C)C)C(=O)O. The normalized spacial score (nSPS) is 13.7. The number of carbonyl (C=O) groups excluding carboxylic acids is 2. The van der Waals surface area contributed by atoms with E-state index in [0.29, 0.717) is 23.9 Å². The first kappa shape index (κ1) is 72.4. The lowest BCUT2D eigenvalue weighted by atomic mass is 10.0. The number of nitrogens with zero attached hydrogens (tertiary/aromatic N) is 1. The number of aliphatic carboxylic acids is 1. The van der Waals surface area contributed by atoms with E-state index in [1.807, 2.05) is 21.1 Å². The van der Waals surface area contributed by atoms with Gasteiger partial charge in [0.15, 0.2) is 6.10 Å². The Bertz CT molecular complexity index is 1720. The molecule has 0 saturated heterocycles. The Labute approximate surface area is 471 Å². The van der Waals surface area contributed by atoms with Gasteiger partial charge in [-0.1, -0.05) is 231 Å². The monoisotopic (exact) mass is 1070 g/mol. The van der Waals surface area contributed by atoms with Crippen LogP contribution in [-0.4, -0.2) is 87.4 Å². The number of carboxylic acid groups (broad SMARTS) is 1. The Morgan fingerprint density at radius 2 is 0.701 bits per heavy atom. The molecule has 9 heteroatoms. The number of esters is 2. The van der Waals surface area contributed by atoms with Crippen LogP contribution in [0.5, 0.6) is 0 Å². The molecule has 0 fully saturated rings. The molecule has 0 aliphatic carbocycles. The Hall–Kier alpha value is -4.57. The molecule has 2 unspecified atom stereocenters. The molecule has 0 rings (SSSR count). The maximum Gasteiger partial charge on any atom is 0.361 e. The van der Waals surface area contributed by atoms with Crippen molar-refractivity contribution >= 4 is 17.9 Å². The third kappa shape index (κ3) is 58.9. The van der Waals surface area contributed by atoms with Gasteiger partial charge in [0.25, 0.3) is 6.29 Å². The second kappa shape index (κ2) is 57.6. The van der Waals surface area contributed by atoms with E-state index in [0.717, 1.165) is 103 Å². The number of hydrogen-bond donors (Lipinski definition) is 1. The van der Waals surface area contributed by atoms with Crippen molar-refractivity contribution in [3.8, 4) is 0 Å². The summed E-state index contributed by atoms with van der Waals surface area (Å²) in [6, 6.07) is 0. The fourth-order valence-electron chi connectivity index (χ4n) is 7.81. The molecule has 0 aliphatic heterocycles. The van der Waals surface area contributed by atoms with Crippen molar-refractivity contribution in [3.05, 3.63) is 134 Å². The lowest BCUT2D eigenvalue weighted by molar-refractivity contribution is -0.870. The van der Waals surface area contributed by atoms with Gasteiger partial charge in [-0.3, -0.25) is 9.59 Å². The van der Waals surface area contributed by atoms with Gasteiger partial charge in [0.2, 0.25) is 0 Å². The molecule has 2 atom stereocenters. The minimum Gasteiger partial charge on any atom is -0.477 e. The first-order valence-corrected chi connectivity index (χ1v) is 30.3. The molecule has 0 bridgehead atoms. The van der Waals surface area contributed by atoms with E-state index in [4.69, 9.17) is 18.9 Å². The molecule has 0 amide bonds. The molecular formula is C68H112NO8+. The highest BCUT2D eigenvalue weighted by atomic mass is 16.7. The fraction of sp³-hybridized carbons (Fsp3) is 0.632. The number of hydrogen-bond acceptors (Lipinski definition) is 7. The number of ether oxygens (including phenoxy) is 4. The van der Waals surface area contributed by atoms with Gasteiger partial charge < -0.3 is 28.5 Å². The van der Waals surface area contributed by atoms with Gasteiger partial charge >= 0.3 is 17.9 Å². The quantitative estimate of drug-likeness (QED) is 0.0211. The first-order valence-electron chi connectivity index (χ1n) is 30.3. The summed E-state index contributed by atoms with van der Waals surface area (Å²) in [5.41, 5.74) is 0. The number of quaternary nitrogens is 1. The lowest BCUT2D eigenvalue weighted by Crippen LogP contribution is -2.40. The van der Waals surface area contributed by atoms with E-state index in [-0.39, 0.29) is 38.6 Å². The van der Waals surface area contributed by atoms with Gasteiger partial charge in [0, 0.05) is 12.8 Å². The van der Waals surface area contributed by atoms with Crippen LogP contribution < -0.4 is 0 Å². The zero-order valence-electron chi connectivity index (χ0n) is 49.6. The minimum absolute atomic E-state index is 0.175. The predicted octanol–water partition coefficient (Wildman–Crippen LogP) is 18.2. The van der Waals surface area contributed by atoms with E-state index in [1.54, 1.807) is 0 Å². The van der Waals surface area contributed by atoms with Crippen LogP contribution in [-0.2, 0) is 33.3 Å². The van der Waals surface area contributed by atoms with Crippen molar-refractivity contribution in [2.45, 2.75) is 232 Å². The van der Waals surface area contributed by atoms with Crippen molar-refractivity contribution in [2.24, 2.45) is 0 Å². The highest BCUT2D eigenvalue weighted by Gasteiger charge is 2.25. The molecular weight excluding hydrogens is 959 g/mol. The number of rotatable bonds is 54. The molecule has 0 aromatic heterocycles. The molecule has 1 N–H and O–H groups in total. The van der Waals surface area contributed by atoms with Crippen LogP contribution in [0.4, 0.5) is 0 Å². The van der Waals surface area contributed by atoms with Gasteiger partial charge in [0.1, 0.15) is 13.2 Å². The molecule has 77 heavy (non-hydrogen) atoms. The predicted molar refractivity (Wildman–Crippen MR) is 327 cm³/mol. The van der Waals surface area contributed by atoms with Gasteiger partial charge in [-0.25, -0.2) is 4.79 Å². The molecule has 0 aromatic carbocycles. The largest absolute Gasteiger partial charge is 0.477 e. The molecule has 0 heterocycles. The van der Waals surface area contributed by atoms with Gasteiger partial charge in [-0.2, -0.15) is 0 Å². The number of allylic oxidation sites excluding steroid dienone is 22. The summed E-state index contributed by atoms with van der Waals surface area (Å²) < 4.78 is 22.8. The summed E-state index contributed by atoms with van der Waals surface area (Å²) in [5, 5.41) is 9.70. The van der Waals surface area contributed by atoms with Crippen LogP contribution in [0.3, 0.4) is 0 Å². The highest BCUT2D eigenvalue weighted by Crippen LogP contribution is 2.15. The van der Waals surface area contributed by atoms with Crippen LogP contribution >= 0.6 is 0 Å². The average molecular weight is 1070 g/mol. The molecule has 0 spiro atoms. The maximum atomic E-state index is 12.9. The third-order valence-corrected chi connectivity index (χ3v) is 12.4. The second-order valence-electron chi connectivity index (χ2n) is 20.9. The number of carbonyl (C=O) groups is 3. The summed E-state index contributed by atoms with van der Waals surface area (Å²) >= 11 is 0. The Morgan fingerprint density at radius 1 is 0.390 bits per heavy atom. The smallest absolute Gasteiger partial charge is 0.361 e. The third-order valence-electron chi connectivity index (χ3n) is 12.4. The van der Waals surface area contributed by atoms with Crippen LogP contribution in [0.25, 0.3) is 0 Å². The van der Waals surface area contributed by atoms with Crippen LogP contribution in [0.1, 0.15) is 219 Å². The van der Waals surface area contributed by atoms with Crippen molar-refractivity contribution in [2.75, 3.05) is 47.5 Å². The van der Waals surface area contributed by atoms with Gasteiger partial charge in [0.05, 0.1) is 34.4 Å². The van der Waals surface area contributed by atoms with Gasteiger partial charge in [-0.05, 0) is 109 Å². The summed E-state index contributed by atoms with van der Waals surface area (Å²) in [6.07, 6.45) is 79.8. The summed E-state index contributed by atoms with van der Waals surface area (Å²) in [4.78, 5) is 37.4. The average Bonchev–Trinajstić information content (AvgIpc) is 3.40. The number of likely N-dealkylation sites (N-methyl/N-ethyl adjacent to an activating group) is 1. The summed E-state index contributed by atoms with van der Waals surface area (Å²) in [6.45, 7) is 4.58. The molecule has 0 radical (unpaired) electrons. The second-order valence-corrected chi connectivity index (χ2v) is 20.9. The van der Waals surface area contributed by atoms with E-state index in [2.05, 4.69) is 148 Å². The number of unbranched alkanes of at least 4 members (excludes halogenated alkanes) is 17. The van der Waals surface area contributed by atoms with E-state index >= 15 is 0 Å². The van der Waals surface area contributed by atoms with Crippen LogP contribution in [0.15, 0.2) is 134 Å². The maximum absolute atomic E-state index is 12.9. The first-order chi connectivity index (χ1) is 37.6. The van der Waals surface area contributed by atoms with Crippen molar-refractivity contribution < 1.29 is 42.9 Å². The molecule has 436 valence electrons. The lowest BCUT2D eigenvalue weighted by Gasteiger charge is -2.25. The fourth-order valence-corrected chi connectivity index (χ4v) is 7.81. The highest BCUT2D eigenvalue weighted by molar-refractivity contribution is 5.71. The van der Waals surface area contributed by atoms with Crippen molar-refractivity contribution in [1.29, 1.82) is 0 Å². The Kier molecular flexibility index (Phi) is 54.2. The standard InChI is InChI=1S/C68H111NO8/c1-6-8-10-12-14-16-18-20-22-23-24-25-26-27-28-29-30-31-32-33-34-35-36-37-38-39-40-41-42-43-45-47-49-51-53-55-57-59-66(71)77-64(63-76-68(67(72)73)74-61-60-69(3,4)5)62-75-65(70)58-56-54-52-50-48-46-44-21-19-17-15-13-11-9-7-2/h8-11,14-17,20-22,24-25,27-28,30-31,33-34,44,48,50,64,68H,6-7,12-13,18-19,23,26,29,32,35-43,45-47,49,51-63H2,1-5H3/p+1/b10-8-,11-9-,16-14-,17-15-,22-20-,25-24-,28-27-,31-30-,34-33-,44-21-,50-48-. The van der Waals surface area contributed by atoms with Crippen molar-refractivity contribution in [1.82, 2.24) is 0 Å². The Morgan fingerprint density at radius 3 is 1.06 bits per heavy atom. The topological polar surface area (TPSA) is 108 Å². The Balaban J connectivity index is 4.14. The zero-order valence-corrected chi connectivity index (χ0v) is 49.6. The summed E-state index contributed by atoms with van der Waals surface area (Å²) in [7, 11) is 5.95. The molecule has 0 aliphatic rings. The molecule has 0 saturated carbocycles. The van der Waals surface area contributed by atoms with E-state index in [1.165, 1.54) is 77.0 Å². The van der Waals surface area contributed by atoms with Gasteiger partial charge in [-0.15, -0.1) is 0 Å². The summed E-state index contributed by atoms with van der Waals surface area (Å²) in [5.74, 6) is -2.07. The van der Waals surface area contributed by atoms with E-state index in [9.17, 15) is 19.5 Å². The van der Waals surface area contributed by atoms with Crippen molar-refractivity contribution in [3.63, 3.8) is 0 Å². The van der Waals surface area contributed by atoms with Crippen LogP contribution in [0, 0.1) is 0 Å².